The molecule has 1 nitrogen and oxygen atoms in total. The number of rotatable bonds is 3. The van der Waals surface area contributed by atoms with Crippen LogP contribution >= 0.6 is 15.9 Å². The Kier molecular flexibility index (Phi) is 4.07. The average Bonchev–Trinajstić information content (AvgIpc) is 2.34. The Balaban J connectivity index is 2.18. The summed E-state index contributed by atoms with van der Waals surface area (Å²) >= 11 is 3.51. The molecule has 0 aliphatic carbocycles. The molecule has 0 aliphatic heterocycles. The quantitative estimate of drug-likeness (QED) is 0.817. The van der Waals surface area contributed by atoms with Crippen LogP contribution in [-0.4, -0.2) is 0 Å². The predicted molar refractivity (Wildman–Crippen MR) is 82.1 cm³/mol. The summed E-state index contributed by atoms with van der Waals surface area (Å²) in [6, 6.07) is 15.3. The van der Waals surface area contributed by atoms with Crippen LogP contribution in [0.15, 0.2) is 46.9 Å². The fraction of sp³-hybridized carbons (Fsp3) is 0.250. The molecule has 0 saturated carbocycles. The fourth-order valence-corrected chi connectivity index (χ4v) is 2.28. The topological polar surface area (TPSA) is 12.0 Å². The highest BCUT2D eigenvalue weighted by atomic mass is 79.9. The van der Waals surface area contributed by atoms with E-state index in [9.17, 15) is 0 Å². The minimum Gasteiger partial charge on any atom is -0.378 e. The van der Waals surface area contributed by atoms with Crippen LogP contribution in [0.4, 0.5) is 5.69 Å². The van der Waals surface area contributed by atoms with E-state index in [2.05, 4.69) is 84.5 Å². The van der Waals surface area contributed by atoms with E-state index in [0.717, 1.165) is 4.47 Å². The number of benzene rings is 2. The maximum Gasteiger partial charge on any atom is 0.0485 e. The largest absolute Gasteiger partial charge is 0.378 e. The molecule has 0 aliphatic rings. The van der Waals surface area contributed by atoms with Gasteiger partial charge in [-0.05, 0) is 44.0 Å². The van der Waals surface area contributed by atoms with Crippen LogP contribution < -0.4 is 5.32 Å². The van der Waals surface area contributed by atoms with Crippen LogP contribution in [0.1, 0.15) is 29.7 Å². The lowest BCUT2D eigenvalue weighted by Crippen LogP contribution is -2.07. The zero-order valence-corrected chi connectivity index (χ0v) is 12.6. The standard InChI is InChI=1S/C16H18BrN/c1-11-4-7-14(8-5-11)13(3)18-16-10-15(17)9-6-12(16)2/h4-10,13,18H,1-3H3. The first-order chi connectivity index (χ1) is 8.56. The second kappa shape index (κ2) is 5.57. The summed E-state index contributed by atoms with van der Waals surface area (Å²) in [7, 11) is 0. The Morgan fingerprint density at radius 3 is 2.33 bits per heavy atom. The first-order valence-corrected chi connectivity index (χ1v) is 6.95. The number of nitrogens with one attached hydrogen (secondary N) is 1. The van der Waals surface area contributed by atoms with Crippen molar-refractivity contribution in [1.29, 1.82) is 0 Å². The molecule has 0 saturated heterocycles. The molecule has 0 radical (unpaired) electrons. The van der Waals surface area contributed by atoms with E-state index in [1.165, 1.54) is 22.4 Å². The molecule has 1 unspecified atom stereocenters. The monoisotopic (exact) mass is 303 g/mol. The number of aryl methyl sites for hydroxylation is 2. The van der Waals surface area contributed by atoms with E-state index < -0.39 is 0 Å². The zero-order chi connectivity index (χ0) is 13.1. The third kappa shape index (κ3) is 3.14. The Labute approximate surface area is 117 Å². The van der Waals surface area contributed by atoms with Crippen LogP contribution in [0.5, 0.6) is 0 Å². The molecule has 2 aromatic rings. The maximum absolute atomic E-state index is 3.56. The van der Waals surface area contributed by atoms with Gasteiger partial charge in [0.2, 0.25) is 0 Å². The molecule has 0 bridgehead atoms. The first kappa shape index (κ1) is 13.2. The Morgan fingerprint density at radius 1 is 1.00 bits per heavy atom. The number of hydrogen-bond acceptors (Lipinski definition) is 1. The van der Waals surface area contributed by atoms with Crippen molar-refractivity contribution in [2.45, 2.75) is 26.8 Å². The summed E-state index contributed by atoms with van der Waals surface area (Å²) in [5, 5.41) is 3.56. The van der Waals surface area contributed by atoms with Gasteiger partial charge < -0.3 is 5.32 Å². The molecule has 2 aromatic carbocycles. The summed E-state index contributed by atoms with van der Waals surface area (Å²) in [6.07, 6.45) is 0. The van der Waals surface area contributed by atoms with Gasteiger partial charge in [0, 0.05) is 16.2 Å². The highest BCUT2D eigenvalue weighted by Gasteiger charge is 2.07. The lowest BCUT2D eigenvalue weighted by molar-refractivity contribution is 0.881. The summed E-state index contributed by atoms with van der Waals surface area (Å²) < 4.78 is 1.10. The molecule has 94 valence electrons. The van der Waals surface area contributed by atoms with Crippen LogP contribution in [0, 0.1) is 13.8 Å². The van der Waals surface area contributed by atoms with Crippen molar-refractivity contribution in [1.82, 2.24) is 0 Å². The third-order valence-electron chi connectivity index (χ3n) is 3.15. The van der Waals surface area contributed by atoms with E-state index in [0.29, 0.717) is 6.04 Å². The molecule has 0 amide bonds. The first-order valence-electron chi connectivity index (χ1n) is 6.15. The van der Waals surface area contributed by atoms with E-state index in [1.54, 1.807) is 0 Å². The molecular formula is C16H18BrN. The number of hydrogen-bond donors (Lipinski definition) is 1. The molecule has 0 heterocycles. The van der Waals surface area contributed by atoms with Crippen molar-refractivity contribution >= 4 is 21.6 Å². The Hall–Kier alpha value is -1.28. The van der Waals surface area contributed by atoms with Crippen molar-refractivity contribution in [2.75, 3.05) is 5.32 Å². The SMILES string of the molecule is Cc1ccc(C(C)Nc2cc(Br)ccc2C)cc1. The lowest BCUT2D eigenvalue weighted by atomic mass is 10.1. The van der Waals surface area contributed by atoms with Gasteiger partial charge >= 0.3 is 0 Å². The van der Waals surface area contributed by atoms with Crippen molar-refractivity contribution in [2.24, 2.45) is 0 Å². The summed E-state index contributed by atoms with van der Waals surface area (Å²) in [4.78, 5) is 0. The Bertz CT molecular complexity index is 531. The molecule has 0 aromatic heterocycles. The van der Waals surface area contributed by atoms with Crippen molar-refractivity contribution in [3.05, 3.63) is 63.6 Å². The molecule has 0 spiro atoms. The average molecular weight is 304 g/mol. The van der Waals surface area contributed by atoms with E-state index in [-0.39, 0.29) is 0 Å². The van der Waals surface area contributed by atoms with Crippen LogP contribution in [0.3, 0.4) is 0 Å². The van der Waals surface area contributed by atoms with Gasteiger partial charge in [-0.3, -0.25) is 0 Å². The van der Waals surface area contributed by atoms with Gasteiger partial charge in [-0.25, -0.2) is 0 Å². The fourth-order valence-electron chi connectivity index (χ4n) is 1.92. The summed E-state index contributed by atoms with van der Waals surface area (Å²) in [5.41, 5.74) is 5.04. The molecule has 2 rings (SSSR count). The molecule has 18 heavy (non-hydrogen) atoms. The number of halogens is 1. The molecule has 1 atom stereocenters. The minimum absolute atomic E-state index is 0.304. The van der Waals surface area contributed by atoms with E-state index >= 15 is 0 Å². The molecule has 1 N–H and O–H groups in total. The smallest absolute Gasteiger partial charge is 0.0485 e. The van der Waals surface area contributed by atoms with E-state index in [1.807, 2.05) is 0 Å². The Morgan fingerprint density at radius 2 is 1.67 bits per heavy atom. The van der Waals surface area contributed by atoms with Gasteiger partial charge in [-0.1, -0.05) is 51.8 Å². The van der Waals surface area contributed by atoms with Gasteiger partial charge in [0.25, 0.3) is 0 Å². The van der Waals surface area contributed by atoms with Gasteiger partial charge in [0.05, 0.1) is 0 Å². The van der Waals surface area contributed by atoms with E-state index in [4.69, 9.17) is 0 Å². The van der Waals surface area contributed by atoms with Crippen LogP contribution in [0.2, 0.25) is 0 Å². The summed E-state index contributed by atoms with van der Waals surface area (Å²) in [5.74, 6) is 0. The minimum atomic E-state index is 0.304. The predicted octanol–water partition coefficient (Wildman–Crippen LogP) is 5.24. The van der Waals surface area contributed by atoms with Crippen LogP contribution in [-0.2, 0) is 0 Å². The molecule has 2 heteroatoms. The second-order valence-electron chi connectivity index (χ2n) is 4.74. The highest BCUT2D eigenvalue weighted by Crippen LogP contribution is 2.25. The number of anilines is 1. The van der Waals surface area contributed by atoms with Crippen molar-refractivity contribution in [3.63, 3.8) is 0 Å². The zero-order valence-electron chi connectivity index (χ0n) is 11.0. The highest BCUT2D eigenvalue weighted by molar-refractivity contribution is 9.10. The molecular weight excluding hydrogens is 286 g/mol. The van der Waals surface area contributed by atoms with Gasteiger partial charge in [0.15, 0.2) is 0 Å². The van der Waals surface area contributed by atoms with Gasteiger partial charge in [-0.15, -0.1) is 0 Å². The van der Waals surface area contributed by atoms with Crippen molar-refractivity contribution in [3.8, 4) is 0 Å². The molecule has 0 fully saturated rings. The van der Waals surface area contributed by atoms with Crippen molar-refractivity contribution < 1.29 is 0 Å². The van der Waals surface area contributed by atoms with Gasteiger partial charge in [-0.2, -0.15) is 0 Å². The second-order valence-corrected chi connectivity index (χ2v) is 5.65. The maximum atomic E-state index is 3.56. The summed E-state index contributed by atoms with van der Waals surface area (Å²) in [6.45, 7) is 6.42. The van der Waals surface area contributed by atoms with Crippen LogP contribution in [0.25, 0.3) is 0 Å². The third-order valence-corrected chi connectivity index (χ3v) is 3.64. The normalized spacial score (nSPS) is 12.2. The van der Waals surface area contributed by atoms with Gasteiger partial charge in [0.1, 0.15) is 0 Å². The lowest BCUT2D eigenvalue weighted by Gasteiger charge is -2.18.